The zero-order valence-electron chi connectivity index (χ0n) is 18.1. The Kier molecular flexibility index (Phi) is 6.31. The Bertz CT molecular complexity index is 1230. The third-order valence-electron chi connectivity index (χ3n) is 4.77. The molecule has 0 aliphatic heterocycles. The highest BCUT2D eigenvalue weighted by atomic mass is 32.2. The van der Waals surface area contributed by atoms with E-state index in [1.807, 2.05) is 37.5 Å². The number of carbonyl (C=O) groups excluding carboxylic acids is 1. The van der Waals surface area contributed by atoms with Crippen molar-refractivity contribution in [2.24, 2.45) is 0 Å². The van der Waals surface area contributed by atoms with Crippen LogP contribution in [0.3, 0.4) is 0 Å². The van der Waals surface area contributed by atoms with Gasteiger partial charge >= 0.3 is 0 Å². The highest BCUT2D eigenvalue weighted by molar-refractivity contribution is 7.99. The molecule has 166 valence electrons. The second kappa shape index (κ2) is 9.31. The molecule has 4 rings (SSSR count). The Hall–Kier alpha value is -3.53. The van der Waals surface area contributed by atoms with Gasteiger partial charge in [0.15, 0.2) is 18.2 Å². The van der Waals surface area contributed by atoms with Gasteiger partial charge < -0.3 is 18.4 Å². The molecule has 0 amide bonds. The first kappa shape index (κ1) is 21.7. The van der Waals surface area contributed by atoms with Gasteiger partial charge in [0.1, 0.15) is 17.3 Å². The third-order valence-corrected chi connectivity index (χ3v) is 5.59. The van der Waals surface area contributed by atoms with E-state index in [1.54, 1.807) is 31.4 Å². The van der Waals surface area contributed by atoms with Gasteiger partial charge in [-0.05, 0) is 51.1 Å². The highest BCUT2D eigenvalue weighted by Crippen LogP contribution is 2.24. The summed E-state index contributed by atoms with van der Waals surface area (Å²) >= 11 is 1.19. The van der Waals surface area contributed by atoms with Gasteiger partial charge in [-0.15, -0.1) is 10.2 Å². The van der Waals surface area contributed by atoms with E-state index in [2.05, 4.69) is 15.4 Å². The topological polar surface area (TPSA) is 105 Å². The Morgan fingerprint density at radius 2 is 1.84 bits per heavy atom. The maximum absolute atomic E-state index is 12.8. The summed E-state index contributed by atoms with van der Waals surface area (Å²) in [5.74, 6) is 3.23. The molecule has 0 unspecified atom stereocenters. The first-order chi connectivity index (χ1) is 15.4. The Morgan fingerprint density at radius 3 is 2.53 bits per heavy atom. The number of rotatable bonds is 9. The molecule has 0 spiro atoms. The standard InChI is InChI=1S/C22H22N4O5S/c1-13-9-18(15(3)26(13)20-10-14(2)31-25-20)19(27)12-32-22-24-23-21(30-22)11-29-17-7-5-16(28-4)6-8-17/h5-10H,11-12H2,1-4H3. The molecule has 0 radical (unpaired) electrons. The van der Waals surface area contributed by atoms with Crippen LogP contribution in [0.5, 0.6) is 11.5 Å². The molecule has 0 saturated carbocycles. The lowest BCUT2D eigenvalue weighted by atomic mass is 10.2. The van der Waals surface area contributed by atoms with Crippen LogP contribution in [-0.4, -0.2) is 38.6 Å². The number of ether oxygens (including phenoxy) is 2. The zero-order valence-corrected chi connectivity index (χ0v) is 18.9. The fraction of sp³-hybridized carbons (Fsp3) is 0.273. The number of carbonyl (C=O) groups is 1. The average Bonchev–Trinajstić information content (AvgIpc) is 3.50. The highest BCUT2D eigenvalue weighted by Gasteiger charge is 2.19. The van der Waals surface area contributed by atoms with E-state index in [0.717, 1.165) is 17.1 Å². The molecule has 0 aliphatic carbocycles. The maximum atomic E-state index is 12.8. The molecular formula is C22H22N4O5S. The predicted octanol–water partition coefficient (Wildman–Crippen LogP) is 4.34. The normalized spacial score (nSPS) is 11.0. The van der Waals surface area contributed by atoms with Gasteiger partial charge in [0, 0.05) is 23.0 Å². The number of benzene rings is 1. The SMILES string of the molecule is COc1ccc(OCc2nnc(SCC(=O)c3cc(C)n(-c4cc(C)on4)c3C)o2)cc1. The Balaban J connectivity index is 1.35. The summed E-state index contributed by atoms with van der Waals surface area (Å²) in [6.07, 6.45) is 0. The van der Waals surface area contributed by atoms with Crippen LogP contribution >= 0.6 is 11.8 Å². The minimum absolute atomic E-state index is 0.0381. The quantitative estimate of drug-likeness (QED) is 0.270. The van der Waals surface area contributed by atoms with Crippen LogP contribution in [0.4, 0.5) is 0 Å². The molecule has 0 aliphatic rings. The first-order valence-corrected chi connectivity index (χ1v) is 10.8. The second-order valence-electron chi connectivity index (χ2n) is 7.05. The van der Waals surface area contributed by atoms with Crippen LogP contribution in [0, 0.1) is 20.8 Å². The minimum atomic E-state index is -0.0381. The molecule has 0 saturated heterocycles. The molecule has 9 nitrogen and oxygen atoms in total. The van der Waals surface area contributed by atoms with Crippen LogP contribution < -0.4 is 9.47 Å². The van der Waals surface area contributed by atoms with E-state index in [0.29, 0.717) is 34.0 Å². The van der Waals surface area contributed by atoms with Crippen molar-refractivity contribution in [1.82, 2.24) is 19.9 Å². The number of ketones is 1. The predicted molar refractivity (Wildman–Crippen MR) is 117 cm³/mol. The first-order valence-electron chi connectivity index (χ1n) is 9.82. The van der Waals surface area contributed by atoms with E-state index in [-0.39, 0.29) is 18.1 Å². The van der Waals surface area contributed by atoms with Crippen molar-refractivity contribution in [2.75, 3.05) is 12.9 Å². The molecule has 0 atom stereocenters. The number of nitrogens with zero attached hydrogens (tertiary/aromatic N) is 4. The van der Waals surface area contributed by atoms with E-state index >= 15 is 0 Å². The number of thioether (sulfide) groups is 1. The summed E-state index contributed by atoms with van der Waals surface area (Å²) in [5, 5.41) is 12.3. The van der Waals surface area contributed by atoms with Gasteiger partial charge in [-0.1, -0.05) is 16.9 Å². The average molecular weight is 455 g/mol. The molecule has 4 aromatic rings. The molecule has 0 N–H and O–H groups in total. The fourth-order valence-electron chi connectivity index (χ4n) is 3.23. The Labute approximate surface area is 188 Å². The second-order valence-corrected chi connectivity index (χ2v) is 7.98. The van der Waals surface area contributed by atoms with Gasteiger partial charge in [0.2, 0.25) is 0 Å². The molecule has 3 aromatic heterocycles. The number of Topliss-reactive ketones (excluding diaryl/α,β-unsaturated/α-hetero) is 1. The summed E-state index contributed by atoms with van der Waals surface area (Å²) in [4.78, 5) is 12.8. The van der Waals surface area contributed by atoms with Crippen molar-refractivity contribution < 1.29 is 23.2 Å². The smallest absolute Gasteiger partial charge is 0.277 e. The monoisotopic (exact) mass is 454 g/mol. The molecule has 1 aromatic carbocycles. The van der Waals surface area contributed by atoms with E-state index in [1.165, 1.54) is 11.8 Å². The van der Waals surface area contributed by atoms with Crippen LogP contribution in [-0.2, 0) is 6.61 Å². The lowest BCUT2D eigenvalue weighted by Crippen LogP contribution is -2.05. The summed E-state index contributed by atoms with van der Waals surface area (Å²) in [6.45, 7) is 5.77. The number of aromatic nitrogens is 4. The van der Waals surface area contributed by atoms with Crippen LogP contribution in [0.25, 0.3) is 5.82 Å². The van der Waals surface area contributed by atoms with Gasteiger partial charge in [-0.25, -0.2) is 0 Å². The number of hydrogen-bond donors (Lipinski definition) is 0. The molecular weight excluding hydrogens is 432 g/mol. The van der Waals surface area contributed by atoms with Crippen molar-refractivity contribution in [3.63, 3.8) is 0 Å². The zero-order chi connectivity index (χ0) is 22.7. The fourth-order valence-corrected chi connectivity index (χ4v) is 3.90. The van der Waals surface area contributed by atoms with Crippen LogP contribution in [0.1, 0.15) is 33.4 Å². The van der Waals surface area contributed by atoms with Crippen LogP contribution in [0.2, 0.25) is 0 Å². The summed E-state index contributed by atoms with van der Waals surface area (Å²) < 4.78 is 23.4. The van der Waals surface area contributed by atoms with Gasteiger partial charge in [-0.3, -0.25) is 9.36 Å². The Morgan fingerprint density at radius 1 is 1.09 bits per heavy atom. The van der Waals surface area contributed by atoms with Crippen molar-refractivity contribution in [3.05, 3.63) is 65.0 Å². The molecule has 3 heterocycles. The molecule has 10 heteroatoms. The number of methoxy groups -OCH3 is 1. The third kappa shape index (κ3) is 4.70. The van der Waals surface area contributed by atoms with Gasteiger partial charge in [-0.2, -0.15) is 0 Å². The minimum Gasteiger partial charge on any atom is -0.497 e. The van der Waals surface area contributed by atoms with E-state index in [4.69, 9.17) is 18.4 Å². The van der Waals surface area contributed by atoms with E-state index < -0.39 is 0 Å². The van der Waals surface area contributed by atoms with E-state index in [9.17, 15) is 4.79 Å². The molecule has 0 bridgehead atoms. The van der Waals surface area contributed by atoms with Crippen molar-refractivity contribution in [1.29, 1.82) is 0 Å². The van der Waals surface area contributed by atoms with Crippen molar-refractivity contribution in [2.45, 2.75) is 32.6 Å². The number of aryl methyl sites for hydroxylation is 2. The van der Waals surface area contributed by atoms with Gasteiger partial charge in [0.25, 0.3) is 11.1 Å². The summed E-state index contributed by atoms with van der Waals surface area (Å²) in [7, 11) is 1.60. The summed E-state index contributed by atoms with van der Waals surface area (Å²) in [5.41, 5.74) is 2.33. The van der Waals surface area contributed by atoms with Gasteiger partial charge in [0.05, 0.1) is 12.9 Å². The lowest BCUT2D eigenvalue weighted by molar-refractivity contribution is 0.102. The van der Waals surface area contributed by atoms with Crippen LogP contribution in [0.15, 0.2) is 50.6 Å². The van der Waals surface area contributed by atoms with Crippen molar-refractivity contribution >= 4 is 17.5 Å². The largest absolute Gasteiger partial charge is 0.497 e. The maximum Gasteiger partial charge on any atom is 0.277 e. The molecule has 0 fully saturated rings. The molecule has 32 heavy (non-hydrogen) atoms. The lowest BCUT2D eigenvalue weighted by Gasteiger charge is -2.05. The summed E-state index contributed by atoms with van der Waals surface area (Å²) in [6, 6.07) is 10.9. The van der Waals surface area contributed by atoms with Crippen molar-refractivity contribution in [3.8, 4) is 17.3 Å². The number of hydrogen-bond acceptors (Lipinski definition) is 9.